The van der Waals surface area contributed by atoms with Gasteiger partial charge in [-0.2, -0.15) is 9.29 Å². The van der Waals surface area contributed by atoms with Crippen LogP contribution in [-0.4, -0.2) is 76.0 Å². The lowest BCUT2D eigenvalue weighted by Crippen LogP contribution is -2.33. The van der Waals surface area contributed by atoms with E-state index in [1.807, 2.05) is 24.3 Å². The number of hydrogen-bond acceptors (Lipinski definition) is 12. The zero-order valence-electron chi connectivity index (χ0n) is 19.9. The topological polar surface area (TPSA) is 257 Å². The van der Waals surface area contributed by atoms with Crippen molar-refractivity contribution in [3.63, 3.8) is 0 Å². The fourth-order valence-corrected chi connectivity index (χ4v) is 6.26. The van der Waals surface area contributed by atoms with Gasteiger partial charge < -0.3 is 35.5 Å². The van der Waals surface area contributed by atoms with Crippen LogP contribution >= 0.6 is 15.6 Å². The molecule has 0 bridgehead atoms. The maximum absolute atomic E-state index is 12.3. The van der Waals surface area contributed by atoms with Crippen molar-refractivity contribution in [2.24, 2.45) is 0 Å². The van der Waals surface area contributed by atoms with Crippen molar-refractivity contribution in [2.75, 3.05) is 18.9 Å². The Kier molecular flexibility index (Phi) is 7.47. The van der Waals surface area contributed by atoms with Crippen LogP contribution in [0.4, 0.5) is 5.95 Å². The van der Waals surface area contributed by atoms with Gasteiger partial charge in [0.25, 0.3) is 5.56 Å². The molecular formula is C20H24N6O11P2. The van der Waals surface area contributed by atoms with E-state index in [4.69, 9.17) is 19.5 Å². The molecule has 210 valence electrons. The molecule has 0 amide bonds. The number of H-pyrrole nitrogens is 2. The van der Waals surface area contributed by atoms with Gasteiger partial charge in [-0.1, -0.05) is 18.2 Å². The van der Waals surface area contributed by atoms with Crippen molar-refractivity contribution in [3.05, 3.63) is 52.7 Å². The highest BCUT2D eigenvalue weighted by Crippen LogP contribution is 2.60. The van der Waals surface area contributed by atoms with Gasteiger partial charge in [0, 0.05) is 17.1 Å². The van der Waals surface area contributed by atoms with Crippen LogP contribution in [0.15, 0.2) is 41.6 Å². The number of imidazole rings is 1. The SMILES string of the molecule is Nc1nc2c(ncn2[C@@H]2O[C@H](COP(=O)(O)OP(=O)(O)OCCc3c[nH]c4ccccc34)[C@@H](O)[C@H]2O)c(=O)[nH]1. The molecule has 0 saturated carbocycles. The molecule has 0 spiro atoms. The molecule has 17 nitrogen and oxygen atoms in total. The summed E-state index contributed by atoms with van der Waals surface area (Å²) in [6.45, 7) is -1.14. The molecule has 1 fully saturated rings. The van der Waals surface area contributed by atoms with Gasteiger partial charge in [-0.15, -0.1) is 0 Å². The first-order chi connectivity index (χ1) is 18.4. The van der Waals surface area contributed by atoms with Gasteiger partial charge in [0.1, 0.15) is 18.3 Å². The first kappa shape index (κ1) is 27.6. The number of nitrogen functional groups attached to an aromatic ring is 1. The smallest absolute Gasteiger partial charge is 0.387 e. The number of aliphatic hydroxyl groups is 2. The van der Waals surface area contributed by atoms with Gasteiger partial charge in [-0.3, -0.25) is 23.4 Å². The normalized spacial score (nSPS) is 24.7. The predicted octanol–water partition coefficient (Wildman–Crippen LogP) is 0.296. The highest BCUT2D eigenvalue weighted by molar-refractivity contribution is 7.61. The van der Waals surface area contributed by atoms with Gasteiger partial charge in [-0.25, -0.2) is 14.1 Å². The Labute approximate surface area is 218 Å². The number of benzene rings is 1. The summed E-state index contributed by atoms with van der Waals surface area (Å²) in [7, 11) is -10.2. The van der Waals surface area contributed by atoms with Crippen LogP contribution in [0.5, 0.6) is 0 Å². The van der Waals surface area contributed by atoms with Crippen molar-refractivity contribution in [2.45, 2.75) is 31.0 Å². The van der Waals surface area contributed by atoms with Crippen molar-refractivity contribution in [3.8, 4) is 0 Å². The molecule has 3 aromatic heterocycles. The molecule has 39 heavy (non-hydrogen) atoms. The Balaban J connectivity index is 1.17. The van der Waals surface area contributed by atoms with Crippen LogP contribution in [0.25, 0.3) is 22.1 Å². The molecule has 4 heterocycles. The van der Waals surface area contributed by atoms with E-state index in [9.17, 15) is 33.9 Å². The van der Waals surface area contributed by atoms with Crippen LogP contribution < -0.4 is 11.3 Å². The Morgan fingerprint density at radius 2 is 1.87 bits per heavy atom. The third-order valence-electron chi connectivity index (χ3n) is 5.97. The van der Waals surface area contributed by atoms with E-state index >= 15 is 0 Å². The standard InChI is InChI=1S/C20H24N6O11P2/c21-20-24-17-14(18(29)25-20)23-9-26(17)19-16(28)15(27)13(36-19)8-35-39(32,33)37-38(30,31)34-6-5-10-7-22-12-4-2-1-3-11(10)12/h1-4,7,9,13,15-16,19,22,27-28H,5-6,8H2,(H,30,31)(H,32,33)(H3,21,24,25,29)/t13-,15-,16-,19-/m1/s1. The monoisotopic (exact) mass is 586 g/mol. The number of phosphoric acid groups is 2. The zero-order chi connectivity index (χ0) is 27.9. The van der Waals surface area contributed by atoms with Crippen LogP contribution in [0.3, 0.4) is 0 Å². The first-order valence-electron chi connectivity index (χ1n) is 11.4. The minimum Gasteiger partial charge on any atom is -0.387 e. The second-order valence-electron chi connectivity index (χ2n) is 8.58. The van der Waals surface area contributed by atoms with E-state index < -0.39 is 52.4 Å². The largest absolute Gasteiger partial charge is 0.481 e. The van der Waals surface area contributed by atoms with Gasteiger partial charge in [0.2, 0.25) is 5.95 Å². The molecule has 0 aliphatic carbocycles. The number of nitrogens with zero attached hydrogens (tertiary/aromatic N) is 3. The fraction of sp³-hybridized carbons (Fsp3) is 0.350. The lowest BCUT2D eigenvalue weighted by molar-refractivity contribution is -0.0504. The number of rotatable bonds is 10. The molecule has 6 atom stereocenters. The third kappa shape index (κ3) is 5.83. The molecule has 1 aliphatic heterocycles. The lowest BCUT2D eigenvalue weighted by atomic mass is 10.1. The van der Waals surface area contributed by atoms with Crippen molar-refractivity contribution in [1.29, 1.82) is 0 Å². The summed E-state index contributed by atoms with van der Waals surface area (Å²) in [5.74, 6) is -0.224. The Hall–Kier alpha value is -2.95. The van der Waals surface area contributed by atoms with Gasteiger partial charge >= 0.3 is 15.6 Å². The summed E-state index contributed by atoms with van der Waals surface area (Å²) < 4.78 is 45.1. The number of aromatic amines is 2. The maximum Gasteiger partial charge on any atom is 0.481 e. The number of hydrogen-bond donors (Lipinski definition) is 7. The maximum atomic E-state index is 12.3. The second-order valence-corrected chi connectivity index (χ2v) is 11.6. The highest BCUT2D eigenvalue weighted by Gasteiger charge is 2.46. The number of ether oxygens (including phenoxy) is 1. The minimum atomic E-state index is -5.19. The van der Waals surface area contributed by atoms with Crippen LogP contribution in [0.1, 0.15) is 11.8 Å². The van der Waals surface area contributed by atoms with Crippen LogP contribution in [0, 0.1) is 0 Å². The number of para-hydroxylation sites is 1. The van der Waals surface area contributed by atoms with E-state index in [0.717, 1.165) is 27.4 Å². The summed E-state index contributed by atoms with van der Waals surface area (Å²) in [5, 5.41) is 21.7. The molecule has 1 saturated heterocycles. The summed E-state index contributed by atoms with van der Waals surface area (Å²) in [4.78, 5) is 45.0. The summed E-state index contributed by atoms with van der Waals surface area (Å²) in [6.07, 6.45) is -2.93. The molecule has 1 aromatic carbocycles. The first-order valence-corrected chi connectivity index (χ1v) is 14.4. The Morgan fingerprint density at radius 1 is 1.13 bits per heavy atom. The van der Waals surface area contributed by atoms with Gasteiger partial charge in [0.15, 0.2) is 17.4 Å². The molecule has 8 N–H and O–H groups in total. The highest BCUT2D eigenvalue weighted by atomic mass is 31.3. The van der Waals surface area contributed by atoms with Crippen molar-refractivity contribution < 1.29 is 47.2 Å². The molecule has 19 heteroatoms. The quantitative estimate of drug-likeness (QED) is 0.123. The predicted molar refractivity (Wildman–Crippen MR) is 133 cm³/mol. The lowest BCUT2D eigenvalue weighted by Gasteiger charge is -2.19. The Morgan fingerprint density at radius 3 is 2.67 bits per heavy atom. The van der Waals surface area contributed by atoms with E-state index in [0.29, 0.717) is 0 Å². The van der Waals surface area contributed by atoms with Crippen LogP contribution in [0.2, 0.25) is 0 Å². The minimum absolute atomic E-state index is 0.0452. The number of aromatic nitrogens is 5. The number of nitrogens with two attached hydrogens (primary N) is 1. The zero-order valence-corrected chi connectivity index (χ0v) is 21.6. The van der Waals surface area contributed by atoms with Gasteiger partial charge in [0.05, 0.1) is 19.5 Å². The molecule has 5 rings (SSSR count). The average Bonchev–Trinajstić information content (AvgIpc) is 3.54. The van der Waals surface area contributed by atoms with E-state index in [1.165, 1.54) is 0 Å². The second kappa shape index (κ2) is 10.6. The number of phosphoric ester groups is 2. The number of fused-ring (bicyclic) bond motifs is 2. The number of anilines is 1. The van der Waals surface area contributed by atoms with Crippen LogP contribution in [-0.2, 0) is 33.6 Å². The van der Waals surface area contributed by atoms with E-state index in [-0.39, 0.29) is 30.1 Å². The van der Waals surface area contributed by atoms with E-state index in [2.05, 4.69) is 24.2 Å². The third-order valence-corrected chi connectivity index (χ3v) is 8.61. The van der Waals surface area contributed by atoms with Crippen molar-refractivity contribution in [1.82, 2.24) is 24.5 Å². The molecule has 4 aromatic rings. The summed E-state index contributed by atoms with van der Waals surface area (Å²) in [5.41, 5.74) is 6.42. The summed E-state index contributed by atoms with van der Waals surface area (Å²) >= 11 is 0. The molecule has 1 aliphatic rings. The summed E-state index contributed by atoms with van der Waals surface area (Å²) in [6, 6.07) is 7.39. The number of aliphatic hydroxyl groups excluding tert-OH is 2. The Bertz CT molecular complexity index is 1650. The average molecular weight is 586 g/mol. The molecule has 2 unspecified atom stereocenters. The number of nitrogens with one attached hydrogen (secondary N) is 2. The van der Waals surface area contributed by atoms with Gasteiger partial charge in [-0.05, 0) is 18.1 Å². The fourth-order valence-electron chi connectivity index (χ4n) is 4.18. The molecule has 0 radical (unpaired) electrons. The van der Waals surface area contributed by atoms with E-state index in [1.54, 1.807) is 6.20 Å². The van der Waals surface area contributed by atoms with Crippen molar-refractivity contribution >= 4 is 43.7 Å². The molecular weight excluding hydrogens is 562 g/mol.